The third-order valence-corrected chi connectivity index (χ3v) is 7.08. The molecule has 0 bridgehead atoms. The maximum atomic E-state index is 11.7. The lowest BCUT2D eigenvalue weighted by Gasteiger charge is -2.27. The molecule has 0 aromatic heterocycles. The van der Waals surface area contributed by atoms with E-state index in [1.54, 1.807) is 25.1 Å². The molecule has 0 radical (unpaired) electrons. The second-order valence-electron chi connectivity index (χ2n) is 8.73. The topological polar surface area (TPSA) is 59.0 Å². The molecule has 2 aromatic rings. The van der Waals surface area contributed by atoms with Crippen LogP contribution in [0.25, 0.3) is 6.08 Å². The van der Waals surface area contributed by atoms with Gasteiger partial charge in [-0.3, -0.25) is 4.90 Å². The average Bonchev–Trinajstić information content (AvgIpc) is 3.25. The minimum absolute atomic E-state index is 0.195. The van der Waals surface area contributed by atoms with Crippen LogP contribution in [0.1, 0.15) is 49.5 Å². The van der Waals surface area contributed by atoms with Crippen LogP contribution in [0.4, 0.5) is 0 Å². The molecule has 3 atom stereocenters. The van der Waals surface area contributed by atoms with Gasteiger partial charge in [-0.15, -0.1) is 0 Å². The van der Waals surface area contributed by atoms with Gasteiger partial charge in [-0.05, 0) is 86.7 Å². The van der Waals surface area contributed by atoms with Crippen LogP contribution in [0.15, 0.2) is 42.5 Å². The SMILES string of the molecule is CCOC(=O)C=Cc1cc(Cl)ccc1[C@@H](C)OC[C@H](O)CN1CCC[C@H]1Cc1ccc(Cl)c(Cl)c1. The third-order valence-electron chi connectivity index (χ3n) is 6.11. The normalized spacial score (nSPS) is 18.2. The van der Waals surface area contributed by atoms with Crippen molar-refractivity contribution in [2.75, 3.05) is 26.3 Å². The Morgan fingerprint density at radius 2 is 2.00 bits per heavy atom. The van der Waals surface area contributed by atoms with Crippen LogP contribution >= 0.6 is 34.8 Å². The van der Waals surface area contributed by atoms with Gasteiger partial charge in [0.25, 0.3) is 0 Å². The Bertz CT molecular complexity index is 1030. The smallest absolute Gasteiger partial charge is 0.330 e. The lowest BCUT2D eigenvalue weighted by Crippen LogP contribution is -2.39. The monoisotopic (exact) mass is 539 g/mol. The Morgan fingerprint density at radius 1 is 1.20 bits per heavy atom. The zero-order valence-electron chi connectivity index (χ0n) is 20.1. The van der Waals surface area contributed by atoms with Crippen molar-refractivity contribution in [2.45, 2.75) is 51.4 Å². The van der Waals surface area contributed by atoms with Crippen molar-refractivity contribution < 1.29 is 19.4 Å². The van der Waals surface area contributed by atoms with Crippen LogP contribution < -0.4 is 0 Å². The number of esters is 1. The number of nitrogens with zero attached hydrogens (tertiary/aromatic N) is 1. The van der Waals surface area contributed by atoms with Gasteiger partial charge in [0, 0.05) is 23.7 Å². The van der Waals surface area contributed by atoms with Crippen LogP contribution in [0, 0.1) is 0 Å². The summed E-state index contributed by atoms with van der Waals surface area (Å²) in [6.45, 7) is 5.67. The first-order valence-electron chi connectivity index (χ1n) is 11.9. The number of carbonyl (C=O) groups is 1. The molecule has 1 heterocycles. The molecule has 35 heavy (non-hydrogen) atoms. The number of ether oxygens (including phenoxy) is 2. The summed E-state index contributed by atoms with van der Waals surface area (Å²) in [5, 5.41) is 12.4. The lowest BCUT2D eigenvalue weighted by molar-refractivity contribution is -0.137. The van der Waals surface area contributed by atoms with Gasteiger partial charge in [0.1, 0.15) is 0 Å². The highest BCUT2D eigenvalue weighted by molar-refractivity contribution is 6.42. The van der Waals surface area contributed by atoms with Gasteiger partial charge >= 0.3 is 5.97 Å². The number of rotatable bonds is 11. The van der Waals surface area contributed by atoms with E-state index in [2.05, 4.69) is 4.90 Å². The number of halogens is 3. The van der Waals surface area contributed by atoms with Crippen molar-refractivity contribution in [3.05, 3.63) is 74.2 Å². The summed E-state index contributed by atoms with van der Waals surface area (Å²) in [5.74, 6) is -0.413. The van der Waals surface area contributed by atoms with Crippen molar-refractivity contribution >= 4 is 46.8 Å². The number of hydrogen-bond acceptors (Lipinski definition) is 5. The van der Waals surface area contributed by atoms with Gasteiger partial charge in [-0.2, -0.15) is 0 Å². The number of hydrogen-bond donors (Lipinski definition) is 1. The van der Waals surface area contributed by atoms with Gasteiger partial charge < -0.3 is 14.6 Å². The molecular formula is C27H32Cl3NO4. The first kappa shape index (κ1) is 28.0. The maximum Gasteiger partial charge on any atom is 0.330 e. The summed E-state index contributed by atoms with van der Waals surface area (Å²) in [6.07, 6.45) is 5.16. The molecule has 0 unspecified atom stereocenters. The van der Waals surface area contributed by atoms with Gasteiger partial charge in [-0.1, -0.05) is 46.9 Å². The maximum absolute atomic E-state index is 11.7. The second kappa shape index (κ2) is 13.6. The summed E-state index contributed by atoms with van der Waals surface area (Å²) in [4.78, 5) is 14.0. The quantitative estimate of drug-likeness (QED) is 0.265. The fourth-order valence-electron chi connectivity index (χ4n) is 4.38. The van der Waals surface area contributed by atoms with Crippen LogP contribution in [0.3, 0.4) is 0 Å². The van der Waals surface area contributed by atoms with Crippen LogP contribution in [-0.4, -0.2) is 54.4 Å². The van der Waals surface area contributed by atoms with E-state index < -0.39 is 12.1 Å². The Kier molecular flexibility index (Phi) is 10.9. The number of benzene rings is 2. The van der Waals surface area contributed by atoms with Crippen LogP contribution in [-0.2, 0) is 20.7 Å². The molecule has 1 aliphatic rings. The van der Waals surface area contributed by atoms with Crippen molar-refractivity contribution in [1.82, 2.24) is 4.90 Å². The molecule has 5 nitrogen and oxygen atoms in total. The van der Waals surface area contributed by atoms with E-state index >= 15 is 0 Å². The first-order valence-corrected chi connectivity index (χ1v) is 13.0. The highest BCUT2D eigenvalue weighted by Gasteiger charge is 2.27. The van der Waals surface area contributed by atoms with Gasteiger partial charge in [0.2, 0.25) is 0 Å². The largest absolute Gasteiger partial charge is 0.463 e. The van der Waals surface area contributed by atoms with Crippen molar-refractivity contribution in [3.63, 3.8) is 0 Å². The molecule has 3 rings (SSSR count). The zero-order valence-corrected chi connectivity index (χ0v) is 22.3. The Balaban J connectivity index is 1.55. The van der Waals surface area contributed by atoms with Crippen LogP contribution in [0.5, 0.6) is 0 Å². The fraction of sp³-hybridized carbons (Fsp3) is 0.444. The molecule has 1 saturated heterocycles. The molecule has 8 heteroatoms. The summed E-state index contributed by atoms with van der Waals surface area (Å²) >= 11 is 18.4. The van der Waals surface area contributed by atoms with E-state index in [-0.39, 0.29) is 12.7 Å². The predicted molar refractivity (Wildman–Crippen MR) is 142 cm³/mol. The van der Waals surface area contributed by atoms with E-state index in [0.717, 1.165) is 42.5 Å². The molecule has 1 fully saturated rings. The minimum atomic E-state index is -0.627. The highest BCUT2D eigenvalue weighted by Crippen LogP contribution is 2.28. The number of aliphatic hydroxyl groups excluding tert-OH is 1. The van der Waals surface area contributed by atoms with Crippen molar-refractivity contribution in [2.24, 2.45) is 0 Å². The minimum Gasteiger partial charge on any atom is -0.463 e. The molecule has 190 valence electrons. The summed E-state index contributed by atoms with van der Waals surface area (Å²) in [7, 11) is 0. The molecule has 1 N–H and O–H groups in total. The molecule has 0 saturated carbocycles. The third kappa shape index (κ3) is 8.49. The zero-order chi connectivity index (χ0) is 25.4. The molecule has 0 aliphatic carbocycles. The molecule has 0 spiro atoms. The van der Waals surface area contributed by atoms with E-state index in [0.29, 0.717) is 34.3 Å². The van der Waals surface area contributed by atoms with E-state index in [1.807, 2.05) is 31.2 Å². The van der Waals surface area contributed by atoms with E-state index in [1.165, 1.54) is 6.08 Å². The van der Waals surface area contributed by atoms with Crippen LogP contribution in [0.2, 0.25) is 15.1 Å². The van der Waals surface area contributed by atoms with E-state index in [9.17, 15) is 9.90 Å². The number of likely N-dealkylation sites (tertiary alicyclic amines) is 1. The predicted octanol–water partition coefficient (Wildman–Crippen LogP) is 6.37. The molecule has 0 amide bonds. The highest BCUT2D eigenvalue weighted by atomic mass is 35.5. The van der Waals surface area contributed by atoms with Crippen molar-refractivity contribution in [1.29, 1.82) is 0 Å². The number of aliphatic hydroxyl groups is 1. The first-order chi connectivity index (χ1) is 16.8. The Morgan fingerprint density at radius 3 is 2.74 bits per heavy atom. The average molecular weight is 541 g/mol. The summed E-state index contributed by atoms with van der Waals surface area (Å²) in [5.41, 5.74) is 2.79. The van der Waals surface area contributed by atoms with Crippen molar-refractivity contribution in [3.8, 4) is 0 Å². The Labute approximate surface area is 222 Å². The molecular weight excluding hydrogens is 509 g/mol. The van der Waals surface area contributed by atoms with Gasteiger partial charge in [0.15, 0.2) is 0 Å². The lowest BCUT2D eigenvalue weighted by atomic mass is 10.0. The fourth-order valence-corrected chi connectivity index (χ4v) is 4.88. The Hall–Kier alpha value is -1.60. The number of β-amino-alcohol motifs (C(OH)–C–C–N with tert-alkyl or cyclic N) is 1. The second-order valence-corrected chi connectivity index (χ2v) is 9.98. The standard InChI is InChI=1S/C27H32Cl3NO4/c1-3-34-27(33)11-7-20-15-21(28)8-9-24(20)18(2)35-17-23(32)16-31-12-4-5-22(31)13-19-6-10-25(29)26(30)14-19/h6-11,14-15,18,22-23,32H,3-5,12-13,16-17H2,1-2H3/t18-,22+,23-/m1/s1. The molecule has 2 aromatic carbocycles. The van der Waals surface area contributed by atoms with E-state index in [4.69, 9.17) is 44.3 Å². The number of carbonyl (C=O) groups excluding carboxylic acids is 1. The van der Waals surface area contributed by atoms with Gasteiger partial charge in [-0.25, -0.2) is 4.79 Å². The molecule has 1 aliphatic heterocycles. The summed E-state index contributed by atoms with van der Waals surface area (Å²) in [6, 6.07) is 11.5. The van der Waals surface area contributed by atoms with Gasteiger partial charge in [0.05, 0.1) is 35.5 Å². The summed E-state index contributed by atoms with van der Waals surface area (Å²) < 4.78 is 11.0.